The average molecular weight is 335 g/mol. The number of nitrogens with two attached hydrogens (primary N) is 1. The Kier molecular flexibility index (Phi) is 5.80. The maximum Gasteiger partial charge on any atom is 0.326 e. The molecule has 0 fully saturated rings. The molecule has 0 aromatic heterocycles. The van der Waals surface area contributed by atoms with Gasteiger partial charge in [-0.1, -0.05) is 23.2 Å². The molecule has 114 valence electrons. The second-order valence-electron chi connectivity index (χ2n) is 4.01. The normalized spacial score (nSPS) is 11.6. The molecule has 4 N–H and O–H groups in total. The number of carboxylic acid groups (broad SMARTS) is 1. The Labute approximate surface area is 130 Å². The van der Waals surface area contributed by atoms with E-state index < -0.39 is 30.2 Å². The van der Waals surface area contributed by atoms with Crippen molar-refractivity contribution in [1.82, 2.24) is 5.32 Å². The number of primary amides is 1. The average Bonchev–Trinajstić information content (AvgIpc) is 2.36. The highest BCUT2D eigenvalue weighted by molar-refractivity contribution is 6.37. The highest BCUT2D eigenvalue weighted by atomic mass is 35.5. The summed E-state index contributed by atoms with van der Waals surface area (Å²) in [4.78, 5) is 33.7. The van der Waals surface area contributed by atoms with Gasteiger partial charge in [-0.3, -0.25) is 9.59 Å². The number of aliphatic carboxylic acids is 1. The molecule has 1 rings (SSSR count). The molecule has 1 aromatic rings. The van der Waals surface area contributed by atoms with Crippen LogP contribution in [0.1, 0.15) is 16.8 Å². The topological polar surface area (TPSA) is 119 Å². The van der Waals surface area contributed by atoms with Gasteiger partial charge in [-0.2, -0.15) is 0 Å². The van der Waals surface area contributed by atoms with Crippen LogP contribution < -0.4 is 15.8 Å². The number of benzene rings is 1. The number of nitrogens with one attached hydrogen (secondary N) is 1. The van der Waals surface area contributed by atoms with Crippen molar-refractivity contribution in [3.63, 3.8) is 0 Å². The van der Waals surface area contributed by atoms with Gasteiger partial charge in [0, 0.05) is 5.56 Å². The lowest BCUT2D eigenvalue weighted by Gasteiger charge is -2.14. The summed E-state index contributed by atoms with van der Waals surface area (Å²) in [5.41, 5.74) is 4.95. The molecule has 0 saturated carbocycles. The van der Waals surface area contributed by atoms with Crippen LogP contribution in [0.4, 0.5) is 0 Å². The predicted molar refractivity (Wildman–Crippen MR) is 75.7 cm³/mol. The third kappa shape index (κ3) is 4.51. The van der Waals surface area contributed by atoms with Gasteiger partial charge in [0.05, 0.1) is 23.6 Å². The van der Waals surface area contributed by atoms with Gasteiger partial charge in [-0.05, 0) is 12.1 Å². The van der Waals surface area contributed by atoms with Crippen LogP contribution in [0.15, 0.2) is 12.1 Å². The molecule has 0 saturated heterocycles. The van der Waals surface area contributed by atoms with Crippen molar-refractivity contribution in [2.75, 3.05) is 7.11 Å². The molecule has 0 unspecified atom stereocenters. The SMILES string of the molecule is COc1c(Cl)cc(C(=O)N[C@H](CC(N)=O)C(=O)O)cc1Cl. The number of hydrogen-bond donors (Lipinski definition) is 3. The summed E-state index contributed by atoms with van der Waals surface area (Å²) >= 11 is 11.8. The third-order valence-corrected chi connectivity index (χ3v) is 3.03. The highest BCUT2D eigenvalue weighted by Gasteiger charge is 2.23. The Morgan fingerprint density at radius 3 is 2.24 bits per heavy atom. The van der Waals surface area contributed by atoms with Gasteiger partial charge >= 0.3 is 5.97 Å². The molecular weight excluding hydrogens is 323 g/mol. The van der Waals surface area contributed by atoms with Crippen molar-refractivity contribution in [3.05, 3.63) is 27.7 Å². The van der Waals surface area contributed by atoms with Crippen molar-refractivity contribution in [1.29, 1.82) is 0 Å². The van der Waals surface area contributed by atoms with E-state index in [9.17, 15) is 14.4 Å². The van der Waals surface area contributed by atoms with Crippen LogP contribution in [0.3, 0.4) is 0 Å². The second-order valence-corrected chi connectivity index (χ2v) is 4.82. The van der Waals surface area contributed by atoms with Gasteiger partial charge in [0.2, 0.25) is 5.91 Å². The largest absolute Gasteiger partial charge is 0.494 e. The van der Waals surface area contributed by atoms with E-state index in [1.165, 1.54) is 19.2 Å². The van der Waals surface area contributed by atoms with Gasteiger partial charge in [0.15, 0.2) is 5.75 Å². The number of halogens is 2. The minimum atomic E-state index is -1.44. The lowest BCUT2D eigenvalue weighted by Crippen LogP contribution is -2.43. The first kappa shape index (κ1) is 17.1. The molecule has 9 heteroatoms. The molecule has 0 radical (unpaired) electrons. The van der Waals surface area contributed by atoms with E-state index in [0.717, 1.165) is 0 Å². The minimum absolute atomic E-state index is 0.0292. The van der Waals surface area contributed by atoms with E-state index in [-0.39, 0.29) is 21.4 Å². The van der Waals surface area contributed by atoms with Gasteiger partial charge < -0.3 is 20.9 Å². The first-order valence-corrected chi connectivity index (χ1v) is 6.36. The Morgan fingerprint density at radius 1 is 1.33 bits per heavy atom. The minimum Gasteiger partial charge on any atom is -0.494 e. The van der Waals surface area contributed by atoms with Crippen molar-refractivity contribution in [3.8, 4) is 5.75 Å². The van der Waals surface area contributed by atoms with Gasteiger partial charge in [-0.25, -0.2) is 4.79 Å². The van der Waals surface area contributed by atoms with Crippen molar-refractivity contribution < 1.29 is 24.2 Å². The molecule has 0 heterocycles. The second kappa shape index (κ2) is 7.14. The predicted octanol–water partition coefficient (Wildman–Crippen LogP) is 1.06. The molecule has 21 heavy (non-hydrogen) atoms. The van der Waals surface area contributed by atoms with Crippen molar-refractivity contribution in [2.45, 2.75) is 12.5 Å². The molecule has 7 nitrogen and oxygen atoms in total. The zero-order chi connectivity index (χ0) is 16.2. The zero-order valence-corrected chi connectivity index (χ0v) is 12.4. The number of rotatable bonds is 6. The summed E-state index contributed by atoms with van der Waals surface area (Å²) in [6.45, 7) is 0. The van der Waals surface area contributed by atoms with Crippen LogP contribution in [0.25, 0.3) is 0 Å². The number of hydrogen-bond acceptors (Lipinski definition) is 4. The lowest BCUT2D eigenvalue weighted by atomic mass is 10.1. The smallest absolute Gasteiger partial charge is 0.326 e. The number of methoxy groups -OCH3 is 1. The standard InChI is InChI=1S/C12H12Cl2N2O5/c1-21-10-6(13)2-5(3-7(10)14)11(18)16-8(12(19)20)4-9(15)17/h2-3,8H,4H2,1H3,(H2,15,17)(H,16,18)(H,19,20)/t8-/m1/s1. The Balaban J connectivity index is 2.98. The molecule has 1 atom stereocenters. The lowest BCUT2D eigenvalue weighted by molar-refractivity contribution is -0.140. The quantitative estimate of drug-likeness (QED) is 0.718. The van der Waals surface area contributed by atoms with Crippen molar-refractivity contribution in [2.24, 2.45) is 5.73 Å². The molecule has 0 spiro atoms. The summed E-state index contributed by atoms with van der Waals surface area (Å²) in [7, 11) is 1.36. The van der Waals surface area contributed by atoms with Gasteiger partial charge in [-0.15, -0.1) is 0 Å². The number of carboxylic acids is 1. The number of carbonyl (C=O) groups is 3. The first-order valence-electron chi connectivity index (χ1n) is 5.61. The maximum atomic E-state index is 12.0. The van der Waals surface area contributed by atoms with Crippen LogP contribution in [0.2, 0.25) is 10.0 Å². The summed E-state index contributed by atoms with van der Waals surface area (Å²) in [5, 5.41) is 11.3. The van der Waals surface area contributed by atoms with E-state index in [0.29, 0.717) is 0 Å². The molecule has 0 aliphatic heterocycles. The van der Waals surface area contributed by atoms with Crippen LogP contribution in [0.5, 0.6) is 5.75 Å². The fourth-order valence-electron chi connectivity index (χ4n) is 1.53. The van der Waals surface area contributed by atoms with E-state index >= 15 is 0 Å². The monoisotopic (exact) mass is 334 g/mol. The number of amides is 2. The molecule has 0 aliphatic rings. The van der Waals surface area contributed by atoms with Crippen LogP contribution in [0, 0.1) is 0 Å². The Hall–Kier alpha value is -1.99. The molecule has 1 aromatic carbocycles. The Bertz CT molecular complexity index is 568. The van der Waals surface area contributed by atoms with Crippen LogP contribution >= 0.6 is 23.2 Å². The third-order valence-electron chi connectivity index (χ3n) is 2.47. The maximum absolute atomic E-state index is 12.0. The molecule has 0 aliphatic carbocycles. The number of carbonyl (C=O) groups excluding carboxylic acids is 2. The van der Waals surface area contributed by atoms with Crippen LogP contribution in [-0.4, -0.2) is 36.0 Å². The highest BCUT2D eigenvalue weighted by Crippen LogP contribution is 2.33. The van der Waals surface area contributed by atoms with Gasteiger partial charge in [0.1, 0.15) is 6.04 Å². The molecule has 2 amide bonds. The molecule has 0 bridgehead atoms. The fourth-order valence-corrected chi connectivity index (χ4v) is 2.17. The van der Waals surface area contributed by atoms with E-state index in [2.05, 4.69) is 5.32 Å². The summed E-state index contributed by atoms with van der Waals surface area (Å²) in [6, 6.07) is 1.10. The van der Waals surface area contributed by atoms with Gasteiger partial charge in [0.25, 0.3) is 5.91 Å². The summed E-state index contributed by atoms with van der Waals surface area (Å²) in [6.07, 6.45) is -0.529. The zero-order valence-electron chi connectivity index (χ0n) is 10.9. The van der Waals surface area contributed by atoms with E-state index in [1.54, 1.807) is 0 Å². The van der Waals surface area contributed by atoms with Crippen molar-refractivity contribution >= 4 is 41.0 Å². The van der Waals surface area contributed by atoms with Crippen LogP contribution in [-0.2, 0) is 9.59 Å². The molecular formula is C12H12Cl2N2O5. The Morgan fingerprint density at radius 2 is 1.86 bits per heavy atom. The van der Waals surface area contributed by atoms with E-state index in [4.69, 9.17) is 38.8 Å². The fraction of sp³-hybridized carbons (Fsp3) is 0.250. The summed E-state index contributed by atoms with van der Waals surface area (Å²) < 4.78 is 4.93. The number of ether oxygens (including phenoxy) is 1. The first-order chi connectivity index (χ1) is 9.76. The van der Waals surface area contributed by atoms with E-state index in [1.807, 2.05) is 0 Å². The summed E-state index contributed by atoms with van der Waals surface area (Å²) in [5.74, 6) is -2.79.